The molecule has 0 bridgehead atoms. The summed E-state index contributed by atoms with van der Waals surface area (Å²) in [6.45, 7) is 4.14. The van der Waals surface area contributed by atoms with Gasteiger partial charge < -0.3 is 15.2 Å². The number of hydrogen-bond donors (Lipinski definition) is 2. The number of aryl methyl sites for hydroxylation is 2. The molecule has 0 amide bonds. The number of hydrogen-bond acceptors (Lipinski definition) is 6. The van der Waals surface area contributed by atoms with E-state index in [-0.39, 0.29) is 5.75 Å². The first kappa shape index (κ1) is 13.6. The number of aromatic nitrogens is 2. The summed E-state index contributed by atoms with van der Waals surface area (Å²) in [5, 5.41) is 14.1. The van der Waals surface area contributed by atoms with Gasteiger partial charge in [0.25, 0.3) is 0 Å². The Hall–Kier alpha value is -2.34. The van der Waals surface area contributed by atoms with E-state index in [4.69, 9.17) is 4.74 Å². The summed E-state index contributed by atoms with van der Waals surface area (Å²) in [6, 6.07) is 5.16. The summed E-state index contributed by atoms with van der Waals surface area (Å²) in [5.41, 5.74) is 1.92. The molecule has 0 aliphatic rings. The van der Waals surface area contributed by atoms with Crippen molar-refractivity contribution in [2.75, 3.05) is 12.4 Å². The zero-order chi connectivity index (χ0) is 15.0. The average molecular weight is 301 g/mol. The Morgan fingerprint density at radius 3 is 2.76 bits per heavy atom. The van der Waals surface area contributed by atoms with Gasteiger partial charge in [0, 0.05) is 16.6 Å². The molecule has 1 aromatic carbocycles. The van der Waals surface area contributed by atoms with Crippen molar-refractivity contribution >= 4 is 33.1 Å². The van der Waals surface area contributed by atoms with E-state index >= 15 is 0 Å². The van der Waals surface area contributed by atoms with Crippen LogP contribution in [-0.4, -0.2) is 22.2 Å². The number of benzene rings is 1. The standard InChI is InChI=1S/C15H15N3O2S/c1-8-9(2)21-15-13(8)14(16-7-17-15)18-10-4-5-12(20-3)11(19)6-10/h4-7,19H,1-3H3,(H,16,17,18). The molecule has 2 N–H and O–H groups in total. The number of fused-ring (bicyclic) bond motifs is 1. The lowest BCUT2D eigenvalue weighted by atomic mass is 10.2. The lowest BCUT2D eigenvalue weighted by molar-refractivity contribution is 0.373. The van der Waals surface area contributed by atoms with Gasteiger partial charge in [-0.3, -0.25) is 0 Å². The van der Waals surface area contributed by atoms with Gasteiger partial charge in [-0.05, 0) is 31.5 Å². The quantitative estimate of drug-likeness (QED) is 0.771. The fourth-order valence-electron chi connectivity index (χ4n) is 2.18. The van der Waals surface area contributed by atoms with Crippen LogP contribution in [-0.2, 0) is 0 Å². The average Bonchev–Trinajstić information content (AvgIpc) is 2.75. The van der Waals surface area contributed by atoms with E-state index in [1.807, 2.05) is 6.07 Å². The molecule has 3 aromatic rings. The Labute approximate surface area is 126 Å². The predicted molar refractivity (Wildman–Crippen MR) is 84.8 cm³/mol. The SMILES string of the molecule is COc1ccc(Nc2ncnc3sc(C)c(C)c23)cc1O. The minimum absolute atomic E-state index is 0.0889. The minimum Gasteiger partial charge on any atom is -0.504 e. The molecule has 0 fully saturated rings. The van der Waals surface area contributed by atoms with Crippen LogP contribution in [0.3, 0.4) is 0 Å². The highest BCUT2D eigenvalue weighted by atomic mass is 32.1. The second-order valence-corrected chi connectivity index (χ2v) is 5.90. The van der Waals surface area contributed by atoms with E-state index < -0.39 is 0 Å². The summed E-state index contributed by atoms with van der Waals surface area (Å²) in [6.07, 6.45) is 1.55. The number of phenols is 1. The third kappa shape index (κ3) is 2.38. The van der Waals surface area contributed by atoms with Gasteiger partial charge in [-0.2, -0.15) is 0 Å². The molecule has 6 heteroatoms. The highest BCUT2D eigenvalue weighted by Crippen LogP contribution is 2.35. The van der Waals surface area contributed by atoms with Crippen LogP contribution in [0.5, 0.6) is 11.5 Å². The Bertz CT molecular complexity index is 814. The van der Waals surface area contributed by atoms with E-state index in [0.29, 0.717) is 5.75 Å². The summed E-state index contributed by atoms with van der Waals surface area (Å²) >= 11 is 1.65. The van der Waals surface area contributed by atoms with Gasteiger partial charge >= 0.3 is 0 Å². The molecule has 0 radical (unpaired) electrons. The number of nitrogens with one attached hydrogen (secondary N) is 1. The third-order valence-corrected chi connectivity index (χ3v) is 4.52. The molecule has 0 aliphatic heterocycles. The molecule has 3 rings (SSSR count). The zero-order valence-corrected chi connectivity index (χ0v) is 12.8. The van der Waals surface area contributed by atoms with Crippen molar-refractivity contribution in [1.29, 1.82) is 0 Å². The van der Waals surface area contributed by atoms with Crippen LogP contribution in [0.1, 0.15) is 10.4 Å². The topological polar surface area (TPSA) is 67.3 Å². The Morgan fingerprint density at radius 2 is 2.05 bits per heavy atom. The highest BCUT2D eigenvalue weighted by Gasteiger charge is 2.12. The molecule has 5 nitrogen and oxygen atoms in total. The van der Waals surface area contributed by atoms with Gasteiger partial charge in [-0.25, -0.2) is 9.97 Å². The monoisotopic (exact) mass is 301 g/mol. The van der Waals surface area contributed by atoms with E-state index in [9.17, 15) is 5.11 Å². The number of thiophene rings is 1. The van der Waals surface area contributed by atoms with Crippen molar-refractivity contribution in [2.24, 2.45) is 0 Å². The summed E-state index contributed by atoms with van der Waals surface area (Å²) < 4.78 is 5.04. The van der Waals surface area contributed by atoms with Crippen LogP contribution in [0.15, 0.2) is 24.5 Å². The second kappa shape index (κ2) is 5.21. The molecule has 0 spiro atoms. The first-order valence-corrected chi connectivity index (χ1v) is 7.26. The number of anilines is 2. The summed E-state index contributed by atoms with van der Waals surface area (Å²) in [5.74, 6) is 1.27. The molecule has 2 heterocycles. The molecule has 2 aromatic heterocycles. The van der Waals surface area contributed by atoms with Gasteiger partial charge in [-0.1, -0.05) is 0 Å². The van der Waals surface area contributed by atoms with Gasteiger partial charge in [0.15, 0.2) is 11.5 Å². The van der Waals surface area contributed by atoms with Crippen LogP contribution >= 0.6 is 11.3 Å². The summed E-state index contributed by atoms with van der Waals surface area (Å²) in [7, 11) is 1.52. The van der Waals surface area contributed by atoms with Crippen LogP contribution in [0.4, 0.5) is 11.5 Å². The molecule has 0 saturated heterocycles. The predicted octanol–water partition coefficient (Wildman–Crippen LogP) is 3.77. The zero-order valence-electron chi connectivity index (χ0n) is 12.0. The molecular formula is C15H15N3O2S. The van der Waals surface area contributed by atoms with E-state index in [2.05, 4.69) is 29.1 Å². The lowest BCUT2D eigenvalue weighted by Crippen LogP contribution is -1.96. The van der Waals surface area contributed by atoms with Gasteiger partial charge in [0.1, 0.15) is 17.0 Å². The molecule has 108 valence electrons. The Morgan fingerprint density at radius 1 is 1.24 bits per heavy atom. The van der Waals surface area contributed by atoms with E-state index in [0.717, 1.165) is 21.7 Å². The number of aromatic hydroxyl groups is 1. The fourth-order valence-corrected chi connectivity index (χ4v) is 3.18. The Kier molecular flexibility index (Phi) is 3.39. The number of rotatable bonds is 3. The molecule has 0 unspecified atom stereocenters. The number of nitrogens with zero attached hydrogens (tertiary/aromatic N) is 2. The van der Waals surface area contributed by atoms with Crippen LogP contribution in [0.2, 0.25) is 0 Å². The molecule has 0 saturated carbocycles. The van der Waals surface area contributed by atoms with Crippen molar-refractivity contribution < 1.29 is 9.84 Å². The largest absolute Gasteiger partial charge is 0.504 e. The van der Waals surface area contributed by atoms with E-state index in [1.165, 1.54) is 17.6 Å². The maximum absolute atomic E-state index is 9.85. The normalized spacial score (nSPS) is 10.8. The third-order valence-electron chi connectivity index (χ3n) is 3.41. The van der Waals surface area contributed by atoms with Gasteiger partial charge in [0.2, 0.25) is 0 Å². The van der Waals surface area contributed by atoms with Crippen molar-refractivity contribution in [3.63, 3.8) is 0 Å². The molecule has 21 heavy (non-hydrogen) atoms. The van der Waals surface area contributed by atoms with Crippen LogP contribution < -0.4 is 10.1 Å². The highest BCUT2D eigenvalue weighted by molar-refractivity contribution is 7.18. The van der Waals surface area contributed by atoms with Crippen molar-refractivity contribution in [2.45, 2.75) is 13.8 Å². The smallest absolute Gasteiger partial charge is 0.160 e. The summed E-state index contributed by atoms with van der Waals surface area (Å²) in [4.78, 5) is 10.8. The first-order valence-electron chi connectivity index (χ1n) is 6.45. The number of ether oxygens (including phenoxy) is 1. The second-order valence-electron chi connectivity index (χ2n) is 4.70. The fraction of sp³-hybridized carbons (Fsp3) is 0.200. The molecular weight excluding hydrogens is 286 g/mol. The maximum Gasteiger partial charge on any atom is 0.160 e. The number of phenolic OH excluding ortho intramolecular Hbond substituents is 1. The Balaban J connectivity index is 2.04. The van der Waals surface area contributed by atoms with Crippen LogP contribution in [0.25, 0.3) is 10.2 Å². The van der Waals surface area contributed by atoms with Crippen LogP contribution in [0, 0.1) is 13.8 Å². The van der Waals surface area contributed by atoms with Gasteiger partial charge in [0.05, 0.1) is 12.5 Å². The van der Waals surface area contributed by atoms with Crippen molar-refractivity contribution in [3.05, 3.63) is 35.0 Å². The van der Waals surface area contributed by atoms with Gasteiger partial charge in [-0.15, -0.1) is 11.3 Å². The minimum atomic E-state index is 0.0889. The first-order chi connectivity index (χ1) is 10.1. The lowest BCUT2D eigenvalue weighted by Gasteiger charge is -2.09. The molecule has 0 atom stereocenters. The van der Waals surface area contributed by atoms with Crippen molar-refractivity contribution in [1.82, 2.24) is 9.97 Å². The molecule has 0 aliphatic carbocycles. The number of methoxy groups -OCH3 is 1. The maximum atomic E-state index is 9.85. The van der Waals surface area contributed by atoms with E-state index in [1.54, 1.807) is 29.8 Å². The van der Waals surface area contributed by atoms with Crippen molar-refractivity contribution in [3.8, 4) is 11.5 Å².